The average molecular weight is 224 g/mol. The zero-order valence-corrected chi connectivity index (χ0v) is 9.22. The molecule has 0 amide bonds. The SMILES string of the molecule is CCc1nc2c(=O)[nH]c(C)nc2cc1Cl. The topological polar surface area (TPSA) is 58.6 Å². The van der Waals surface area contributed by atoms with Gasteiger partial charge in [0.05, 0.1) is 16.2 Å². The van der Waals surface area contributed by atoms with Crippen molar-refractivity contribution in [1.29, 1.82) is 0 Å². The standard InChI is InChI=1S/C10H10ClN3O/c1-3-7-6(11)4-8-9(14-7)10(15)13-5(2)12-8/h4H,3H2,1-2H3,(H,12,13,15). The molecule has 2 heterocycles. The van der Waals surface area contributed by atoms with Crippen LogP contribution >= 0.6 is 11.6 Å². The third-order valence-electron chi connectivity index (χ3n) is 2.16. The fourth-order valence-corrected chi connectivity index (χ4v) is 1.73. The van der Waals surface area contributed by atoms with E-state index in [4.69, 9.17) is 11.6 Å². The van der Waals surface area contributed by atoms with Crippen molar-refractivity contribution in [3.05, 3.63) is 33.0 Å². The molecular formula is C10H10ClN3O. The first kappa shape index (κ1) is 10.1. The fourth-order valence-electron chi connectivity index (χ4n) is 1.45. The van der Waals surface area contributed by atoms with Crippen LogP contribution in [0.3, 0.4) is 0 Å². The van der Waals surface area contributed by atoms with E-state index in [1.54, 1.807) is 13.0 Å². The van der Waals surface area contributed by atoms with Crippen LogP contribution in [-0.2, 0) is 6.42 Å². The summed E-state index contributed by atoms with van der Waals surface area (Å²) < 4.78 is 0. The zero-order chi connectivity index (χ0) is 11.0. The summed E-state index contributed by atoms with van der Waals surface area (Å²) in [6.07, 6.45) is 0.697. The highest BCUT2D eigenvalue weighted by Crippen LogP contribution is 2.17. The monoisotopic (exact) mass is 223 g/mol. The van der Waals surface area contributed by atoms with Crippen molar-refractivity contribution in [3.63, 3.8) is 0 Å². The van der Waals surface area contributed by atoms with Crippen LogP contribution in [0.2, 0.25) is 5.02 Å². The number of rotatable bonds is 1. The van der Waals surface area contributed by atoms with Gasteiger partial charge in [-0.05, 0) is 19.4 Å². The van der Waals surface area contributed by atoms with Crippen LogP contribution in [0.25, 0.3) is 11.0 Å². The van der Waals surface area contributed by atoms with E-state index in [0.717, 1.165) is 5.69 Å². The number of aromatic nitrogens is 3. The van der Waals surface area contributed by atoms with Gasteiger partial charge in [-0.25, -0.2) is 9.97 Å². The fraction of sp³-hybridized carbons (Fsp3) is 0.300. The van der Waals surface area contributed by atoms with Crippen LogP contribution in [-0.4, -0.2) is 15.0 Å². The van der Waals surface area contributed by atoms with E-state index >= 15 is 0 Å². The van der Waals surface area contributed by atoms with Crippen molar-refractivity contribution in [2.24, 2.45) is 0 Å². The van der Waals surface area contributed by atoms with Crippen molar-refractivity contribution >= 4 is 22.6 Å². The summed E-state index contributed by atoms with van der Waals surface area (Å²) in [7, 11) is 0. The molecule has 15 heavy (non-hydrogen) atoms. The van der Waals surface area contributed by atoms with Gasteiger partial charge in [0.25, 0.3) is 5.56 Å². The number of aromatic amines is 1. The van der Waals surface area contributed by atoms with E-state index in [2.05, 4.69) is 15.0 Å². The van der Waals surface area contributed by atoms with E-state index in [1.807, 2.05) is 6.92 Å². The predicted molar refractivity (Wildman–Crippen MR) is 59.3 cm³/mol. The number of halogens is 1. The van der Waals surface area contributed by atoms with E-state index in [0.29, 0.717) is 28.3 Å². The van der Waals surface area contributed by atoms with Gasteiger partial charge in [0.2, 0.25) is 0 Å². The lowest BCUT2D eigenvalue weighted by Gasteiger charge is -2.02. The summed E-state index contributed by atoms with van der Waals surface area (Å²) in [6.45, 7) is 3.67. The highest BCUT2D eigenvalue weighted by atomic mass is 35.5. The van der Waals surface area contributed by atoms with Gasteiger partial charge in [-0.3, -0.25) is 4.79 Å². The summed E-state index contributed by atoms with van der Waals surface area (Å²) in [4.78, 5) is 22.6. The summed E-state index contributed by atoms with van der Waals surface area (Å²) in [5.41, 5.74) is 1.39. The molecule has 0 saturated carbocycles. The van der Waals surface area contributed by atoms with Crippen LogP contribution in [0.4, 0.5) is 0 Å². The lowest BCUT2D eigenvalue weighted by molar-refractivity contribution is 1.01. The van der Waals surface area contributed by atoms with E-state index in [1.165, 1.54) is 0 Å². The molecule has 1 N–H and O–H groups in total. The number of nitrogens with zero attached hydrogens (tertiary/aromatic N) is 2. The third kappa shape index (κ3) is 1.72. The second kappa shape index (κ2) is 3.62. The molecule has 0 fully saturated rings. The Labute approximate surface area is 91.3 Å². The molecule has 0 aliphatic heterocycles. The Bertz CT molecular complexity index is 577. The quantitative estimate of drug-likeness (QED) is 0.803. The molecule has 0 radical (unpaired) electrons. The van der Waals surface area contributed by atoms with Crippen LogP contribution < -0.4 is 5.56 Å². The molecule has 4 nitrogen and oxygen atoms in total. The minimum absolute atomic E-state index is 0.219. The number of pyridine rings is 1. The van der Waals surface area contributed by atoms with Gasteiger partial charge in [-0.15, -0.1) is 0 Å². The maximum absolute atomic E-state index is 11.6. The van der Waals surface area contributed by atoms with Crippen molar-refractivity contribution in [3.8, 4) is 0 Å². The van der Waals surface area contributed by atoms with Gasteiger partial charge in [-0.1, -0.05) is 18.5 Å². The Balaban J connectivity index is 2.87. The number of hydrogen-bond donors (Lipinski definition) is 1. The minimum Gasteiger partial charge on any atom is -0.309 e. The largest absolute Gasteiger partial charge is 0.309 e. The number of H-pyrrole nitrogens is 1. The van der Waals surface area contributed by atoms with Gasteiger partial charge in [0, 0.05) is 0 Å². The third-order valence-corrected chi connectivity index (χ3v) is 2.49. The van der Waals surface area contributed by atoms with Crippen molar-refractivity contribution < 1.29 is 0 Å². The predicted octanol–water partition coefficient (Wildman–Crippen LogP) is 1.84. The average Bonchev–Trinajstić information content (AvgIpc) is 2.16. The van der Waals surface area contributed by atoms with Gasteiger partial charge in [0.15, 0.2) is 5.52 Å². The molecule has 2 aromatic rings. The molecule has 0 spiro atoms. The lowest BCUT2D eigenvalue weighted by Crippen LogP contribution is -2.12. The van der Waals surface area contributed by atoms with Crippen molar-refractivity contribution in [2.45, 2.75) is 20.3 Å². The minimum atomic E-state index is -0.219. The molecule has 0 saturated heterocycles. The smallest absolute Gasteiger partial charge is 0.277 e. The molecule has 0 aliphatic rings. The molecule has 0 aliphatic carbocycles. The summed E-state index contributed by atoms with van der Waals surface area (Å²) in [6, 6.07) is 1.69. The summed E-state index contributed by atoms with van der Waals surface area (Å²) >= 11 is 5.99. The first-order valence-corrected chi connectivity index (χ1v) is 5.05. The molecule has 0 atom stereocenters. The van der Waals surface area contributed by atoms with E-state index in [-0.39, 0.29) is 5.56 Å². The van der Waals surface area contributed by atoms with Gasteiger partial charge in [-0.2, -0.15) is 0 Å². The molecule has 0 bridgehead atoms. The highest BCUT2D eigenvalue weighted by molar-refractivity contribution is 6.31. The van der Waals surface area contributed by atoms with E-state index < -0.39 is 0 Å². The molecule has 0 unspecified atom stereocenters. The van der Waals surface area contributed by atoms with E-state index in [9.17, 15) is 4.79 Å². The Morgan fingerprint density at radius 2 is 2.20 bits per heavy atom. The normalized spacial score (nSPS) is 10.9. The van der Waals surface area contributed by atoms with Crippen LogP contribution in [0.15, 0.2) is 10.9 Å². The number of hydrogen-bond acceptors (Lipinski definition) is 3. The summed E-state index contributed by atoms with van der Waals surface area (Å²) in [5, 5.41) is 0.558. The van der Waals surface area contributed by atoms with Gasteiger partial charge >= 0.3 is 0 Å². The Hall–Kier alpha value is -1.42. The van der Waals surface area contributed by atoms with Crippen LogP contribution in [0.1, 0.15) is 18.4 Å². The van der Waals surface area contributed by atoms with Crippen LogP contribution in [0, 0.1) is 6.92 Å². The molecule has 2 rings (SSSR count). The second-order valence-electron chi connectivity index (χ2n) is 3.29. The second-order valence-corrected chi connectivity index (χ2v) is 3.70. The van der Waals surface area contributed by atoms with Crippen molar-refractivity contribution in [2.75, 3.05) is 0 Å². The maximum Gasteiger partial charge on any atom is 0.277 e. The van der Waals surface area contributed by atoms with Crippen molar-refractivity contribution in [1.82, 2.24) is 15.0 Å². The number of fused-ring (bicyclic) bond motifs is 1. The Kier molecular flexibility index (Phi) is 2.44. The Morgan fingerprint density at radius 3 is 2.87 bits per heavy atom. The number of aryl methyl sites for hydroxylation is 2. The van der Waals surface area contributed by atoms with Crippen LogP contribution in [0.5, 0.6) is 0 Å². The zero-order valence-electron chi connectivity index (χ0n) is 8.47. The number of nitrogens with one attached hydrogen (secondary N) is 1. The molecule has 2 aromatic heterocycles. The first-order valence-electron chi connectivity index (χ1n) is 4.68. The lowest BCUT2D eigenvalue weighted by atomic mass is 10.2. The molecule has 5 heteroatoms. The molecular weight excluding hydrogens is 214 g/mol. The van der Waals surface area contributed by atoms with Gasteiger partial charge < -0.3 is 4.98 Å². The highest BCUT2D eigenvalue weighted by Gasteiger charge is 2.07. The molecule has 78 valence electrons. The first-order chi connectivity index (χ1) is 7.11. The summed E-state index contributed by atoms with van der Waals surface area (Å²) in [5.74, 6) is 0.564. The van der Waals surface area contributed by atoms with Gasteiger partial charge in [0.1, 0.15) is 5.82 Å². The maximum atomic E-state index is 11.6. The molecule has 0 aromatic carbocycles. The Morgan fingerprint density at radius 1 is 1.47 bits per heavy atom.